The molecule has 2 heterocycles. The molecule has 0 fully saturated rings. The van der Waals surface area contributed by atoms with Crippen LogP contribution < -0.4 is 0 Å². The molecule has 0 saturated heterocycles. The van der Waals surface area contributed by atoms with Crippen molar-refractivity contribution in [2.45, 2.75) is 0 Å². The van der Waals surface area contributed by atoms with Crippen molar-refractivity contribution in [3.05, 3.63) is 63.5 Å². The Morgan fingerprint density at radius 1 is 1.24 bits per heavy atom. The standard InChI is InChI=1S/C15H9NO4S/c17-14(18)10-5-3-9(4-6-10)8-11-15(19)20-13(16-11)12-2-1-7-21-12/h1-8H,(H,17,18)/b11-8-. The van der Waals surface area contributed by atoms with Crippen molar-refractivity contribution in [2.24, 2.45) is 4.99 Å². The van der Waals surface area contributed by atoms with Gasteiger partial charge >= 0.3 is 11.9 Å². The normalized spacial score (nSPS) is 15.9. The number of thiophene rings is 1. The summed E-state index contributed by atoms with van der Waals surface area (Å²) in [7, 11) is 0. The van der Waals surface area contributed by atoms with Crippen molar-refractivity contribution < 1.29 is 19.4 Å². The van der Waals surface area contributed by atoms with E-state index in [-0.39, 0.29) is 11.3 Å². The zero-order chi connectivity index (χ0) is 14.8. The Morgan fingerprint density at radius 3 is 2.62 bits per heavy atom. The number of nitrogens with zero attached hydrogens (tertiary/aromatic N) is 1. The van der Waals surface area contributed by atoms with Gasteiger partial charge in [0, 0.05) is 0 Å². The lowest BCUT2D eigenvalue weighted by molar-refractivity contribution is -0.129. The lowest BCUT2D eigenvalue weighted by Gasteiger charge is -1.96. The largest absolute Gasteiger partial charge is 0.478 e. The van der Waals surface area contributed by atoms with E-state index in [1.54, 1.807) is 18.2 Å². The Morgan fingerprint density at radius 2 is 2.00 bits per heavy atom. The number of hydrogen-bond acceptors (Lipinski definition) is 5. The van der Waals surface area contributed by atoms with Gasteiger partial charge in [-0.1, -0.05) is 18.2 Å². The number of aromatic carboxylic acids is 1. The molecule has 0 atom stereocenters. The topological polar surface area (TPSA) is 76.0 Å². The molecule has 0 saturated carbocycles. The Kier molecular flexibility index (Phi) is 3.37. The average molecular weight is 299 g/mol. The van der Waals surface area contributed by atoms with Crippen molar-refractivity contribution in [2.75, 3.05) is 0 Å². The van der Waals surface area contributed by atoms with E-state index in [1.165, 1.54) is 23.5 Å². The number of carboxylic acid groups (broad SMARTS) is 1. The molecule has 1 N–H and O–H groups in total. The number of ether oxygens (including phenoxy) is 1. The second kappa shape index (κ2) is 5.34. The number of rotatable bonds is 3. The van der Waals surface area contributed by atoms with Gasteiger partial charge in [0.25, 0.3) is 0 Å². The first kappa shape index (κ1) is 13.3. The molecule has 0 aliphatic carbocycles. The first-order chi connectivity index (χ1) is 10.1. The summed E-state index contributed by atoms with van der Waals surface area (Å²) in [4.78, 5) is 27.5. The number of carbonyl (C=O) groups excluding carboxylic acids is 1. The number of carbonyl (C=O) groups is 2. The fourth-order valence-corrected chi connectivity index (χ4v) is 2.44. The van der Waals surface area contributed by atoms with E-state index in [0.29, 0.717) is 11.5 Å². The molecule has 3 rings (SSSR count). The molecule has 0 spiro atoms. The minimum atomic E-state index is -0.993. The molecule has 1 aliphatic heterocycles. The molecular weight excluding hydrogens is 290 g/mol. The van der Waals surface area contributed by atoms with Gasteiger partial charge in [-0.25, -0.2) is 14.6 Å². The van der Waals surface area contributed by atoms with Gasteiger partial charge in [-0.3, -0.25) is 0 Å². The molecule has 1 aromatic carbocycles. The fourth-order valence-electron chi connectivity index (χ4n) is 1.79. The summed E-state index contributed by atoms with van der Waals surface area (Å²) in [5.41, 5.74) is 1.07. The van der Waals surface area contributed by atoms with E-state index in [0.717, 1.165) is 4.88 Å². The Hall–Kier alpha value is -2.73. The lowest BCUT2D eigenvalue weighted by atomic mass is 10.1. The Balaban J connectivity index is 1.89. The maximum absolute atomic E-state index is 11.8. The van der Waals surface area contributed by atoms with Crippen LogP contribution >= 0.6 is 11.3 Å². The molecule has 0 unspecified atom stereocenters. The van der Waals surface area contributed by atoms with Crippen molar-refractivity contribution in [1.82, 2.24) is 0 Å². The van der Waals surface area contributed by atoms with Gasteiger partial charge in [0.05, 0.1) is 10.4 Å². The monoisotopic (exact) mass is 299 g/mol. The van der Waals surface area contributed by atoms with Crippen molar-refractivity contribution in [3.8, 4) is 0 Å². The van der Waals surface area contributed by atoms with Gasteiger partial charge in [0.2, 0.25) is 5.90 Å². The highest BCUT2D eigenvalue weighted by atomic mass is 32.1. The summed E-state index contributed by atoms with van der Waals surface area (Å²) in [5, 5.41) is 10.7. The van der Waals surface area contributed by atoms with Gasteiger partial charge in [0.1, 0.15) is 0 Å². The number of aliphatic imine (C=N–C) groups is 1. The van der Waals surface area contributed by atoms with Crippen LogP contribution in [0.25, 0.3) is 6.08 Å². The first-order valence-electron chi connectivity index (χ1n) is 6.03. The maximum Gasteiger partial charge on any atom is 0.363 e. The van der Waals surface area contributed by atoms with Crippen LogP contribution in [0.2, 0.25) is 0 Å². The van der Waals surface area contributed by atoms with Crippen LogP contribution in [0.5, 0.6) is 0 Å². The van der Waals surface area contributed by atoms with Crippen LogP contribution in [0.3, 0.4) is 0 Å². The molecule has 1 aromatic heterocycles. The Bertz CT molecular complexity index is 757. The van der Waals surface area contributed by atoms with Crippen LogP contribution in [-0.4, -0.2) is 22.9 Å². The average Bonchev–Trinajstić information content (AvgIpc) is 3.10. The van der Waals surface area contributed by atoms with E-state index < -0.39 is 11.9 Å². The number of hydrogen-bond donors (Lipinski definition) is 1. The third-order valence-electron chi connectivity index (χ3n) is 2.81. The highest BCUT2D eigenvalue weighted by molar-refractivity contribution is 7.12. The van der Waals surface area contributed by atoms with Crippen molar-refractivity contribution in [1.29, 1.82) is 0 Å². The predicted molar refractivity (Wildman–Crippen MR) is 78.3 cm³/mol. The number of carboxylic acids is 1. The highest BCUT2D eigenvalue weighted by Gasteiger charge is 2.24. The maximum atomic E-state index is 11.8. The summed E-state index contributed by atoms with van der Waals surface area (Å²) < 4.78 is 5.11. The van der Waals surface area contributed by atoms with Gasteiger partial charge in [-0.15, -0.1) is 11.3 Å². The summed E-state index contributed by atoms with van der Waals surface area (Å²) in [6.45, 7) is 0. The SMILES string of the molecule is O=C1OC(c2cccs2)=N/C1=C\c1ccc(C(=O)O)cc1. The summed E-state index contributed by atoms with van der Waals surface area (Å²) in [5.74, 6) is -1.21. The van der Waals surface area contributed by atoms with Gasteiger partial charge in [0.15, 0.2) is 5.70 Å². The molecule has 21 heavy (non-hydrogen) atoms. The molecule has 5 nitrogen and oxygen atoms in total. The molecule has 0 amide bonds. The number of cyclic esters (lactones) is 1. The number of esters is 1. The van der Waals surface area contributed by atoms with E-state index in [4.69, 9.17) is 9.84 Å². The van der Waals surface area contributed by atoms with Crippen LogP contribution in [0.4, 0.5) is 0 Å². The van der Waals surface area contributed by atoms with Gasteiger partial charge in [-0.05, 0) is 35.2 Å². The molecule has 0 bridgehead atoms. The minimum absolute atomic E-state index is 0.189. The van der Waals surface area contributed by atoms with Crippen LogP contribution in [0.15, 0.2) is 52.5 Å². The van der Waals surface area contributed by atoms with E-state index >= 15 is 0 Å². The van der Waals surface area contributed by atoms with Crippen molar-refractivity contribution in [3.63, 3.8) is 0 Å². The summed E-state index contributed by atoms with van der Waals surface area (Å²) >= 11 is 1.44. The lowest BCUT2D eigenvalue weighted by Crippen LogP contribution is -2.03. The molecule has 1 aliphatic rings. The van der Waals surface area contributed by atoms with Crippen LogP contribution in [0, 0.1) is 0 Å². The Labute approximate surface area is 123 Å². The van der Waals surface area contributed by atoms with Crippen molar-refractivity contribution >= 4 is 35.2 Å². The van der Waals surface area contributed by atoms with E-state index in [2.05, 4.69) is 4.99 Å². The molecule has 104 valence electrons. The molecular formula is C15H9NO4S. The zero-order valence-corrected chi connectivity index (χ0v) is 11.5. The molecule has 6 heteroatoms. The van der Waals surface area contributed by atoms with Crippen LogP contribution in [-0.2, 0) is 9.53 Å². The van der Waals surface area contributed by atoms with Gasteiger partial charge in [-0.2, -0.15) is 0 Å². The first-order valence-corrected chi connectivity index (χ1v) is 6.91. The minimum Gasteiger partial charge on any atom is -0.478 e. The quantitative estimate of drug-likeness (QED) is 0.698. The zero-order valence-electron chi connectivity index (χ0n) is 10.6. The number of benzene rings is 1. The smallest absolute Gasteiger partial charge is 0.363 e. The van der Waals surface area contributed by atoms with Crippen LogP contribution in [0.1, 0.15) is 20.8 Å². The highest BCUT2D eigenvalue weighted by Crippen LogP contribution is 2.21. The fraction of sp³-hybridized carbons (Fsp3) is 0. The third-order valence-corrected chi connectivity index (χ3v) is 3.67. The second-order valence-electron chi connectivity index (χ2n) is 4.24. The summed E-state index contributed by atoms with van der Waals surface area (Å²) in [6.07, 6.45) is 1.56. The summed E-state index contributed by atoms with van der Waals surface area (Å²) in [6, 6.07) is 9.84. The second-order valence-corrected chi connectivity index (χ2v) is 5.19. The third kappa shape index (κ3) is 2.75. The molecule has 0 radical (unpaired) electrons. The van der Waals surface area contributed by atoms with E-state index in [1.807, 2.05) is 17.5 Å². The molecule has 2 aromatic rings. The van der Waals surface area contributed by atoms with E-state index in [9.17, 15) is 9.59 Å². The predicted octanol–water partition coefficient (Wildman–Crippen LogP) is 2.79. The van der Waals surface area contributed by atoms with Gasteiger partial charge < -0.3 is 9.84 Å².